The van der Waals surface area contributed by atoms with Crippen molar-refractivity contribution in [1.29, 1.82) is 0 Å². The first-order valence-corrected chi connectivity index (χ1v) is 10.9. The molecule has 7 heteroatoms. The Kier molecular flexibility index (Phi) is 13.9. The predicted octanol–water partition coefficient (Wildman–Crippen LogP) is 3.34. The number of nitrogens with one attached hydrogen (secondary N) is 1. The average Bonchev–Trinajstić information content (AvgIpc) is 2.84. The van der Waals surface area contributed by atoms with Crippen molar-refractivity contribution in [2.24, 2.45) is 0 Å². The number of aliphatic hydroxyl groups is 1. The van der Waals surface area contributed by atoms with Crippen molar-refractivity contribution in [1.82, 2.24) is 0 Å². The van der Waals surface area contributed by atoms with Crippen LogP contribution in [0.3, 0.4) is 0 Å². The standard InChI is InChI=1S/C25H35NO6/c1-26-24-8-4-22(5-9-24)2-3-23-6-10-25(11-7-23)32-21-20-31-19-18-30-17-16-29-15-14-28-13-12-27/h2-11,26-27H,12-21H2,1H3. The summed E-state index contributed by atoms with van der Waals surface area (Å²) < 4.78 is 27.0. The number of hydrogen-bond acceptors (Lipinski definition) is 7. The molecule has 0 atom stereocenters. The molecule has 0 heterocycles. The molecule has 0 aliphatic rings. The van der Waals surface area contributed by atoms with Crippen molar-refractivity contribution >= 4 is 17.8 Å². The van der Waals surface area contributed by atoms with E-state index in [0.29, 0.717) is 59.5 Å². The molecule has 0 bridgehead atoms. The van der Waals surface area contributed by atoms with Crippen LogP contribution in [0.25, 0.3) is 12.2 Å². The largest absolute Gasteiger partial charge is 0.491 e. The van der Waals surface area contributed by atoms with Crippen LogP contribution in [0.2, 0.25) is 0 Å². The van der Waals surface area contributed by atoms with Gasteiger partial charge in [-0.2, -0.15) is 0 Å². The Labute approximate surface area is 190 Å². The van der Waals surface area contributed by atoms with Gasteiger partial charge < -0.3 is 34.1 Å². The predicted molar refractivity (Wildman–Crippen MR) is 127 cm³/mol. The van der Waals surface area contributed by atoms with Gasteiger partial charge in [-0.15, -0.1) is 0 Å². The summed E-state index contributed by atoms with van der Waals surface area (Å²) in [5.74, 6) is 0.820. The van der Waals surface area contributed by atoms with Crippen molar-refractivity contribution < 1.29 is 28.8 Å². The van der Waals surface area contributed by atoms with E-state index in [0.717, 1.165) is 22.6 Å². The summed E-state index contributed by atoms with van der Waals surface area (Å²) in [6.07, 6.45) is 4.17. The summed E-state index contributed by atoms with van der Waals surface area (Å²) in [6, 6.07) is 16.3. The van der Waals surface area contributed by atoms with Crippen LogP contribution in [0.5, 0.6) is 5.75 Å². The monoisotopic (exact) mass is 445 g/mol. The molecular formula is C25H35NO6. The fourth-order valence-electron chi connectivity index (χ4n) is 2.67. The Balaban J connectivity index is 1.47. The molecule has 0 radical (unpaired) electrons. The maximum absolute atomic E-state index is 8.57. The molecule has 2 aromatic rings. The van der Waals surface area contributed by atoms with Crippen LogP contribution < -0.4 is 10.1 Å². The van der Waals surface area contributed by atoms with Gasteiger partial charge in [-0.3, -0.25) is 0 Å². The van der Waals surface area contributed by atoms with E-state index < -0.39 is 0 Å². The smallest absolute Gasteiger partial charge is 0.119 e. The number of anilines is 1. The third kappa shape index (κ3) is 11.8. The molecule has 0 fully saturated rings. The van der Waals surface area contributed by atoms with Gasteiger partial charge in [-0.05, 0) is 35.4 Å². The molecule has 0 spiro atoms. The fraction of sp³-hybridized carbons (Fsp3) is 0.440. The molecule has 0 aliphatic carbocycles. The Bertz CT molecular complexity index is 733. The first-order chi connectivity index (χ1) is 15.8. The zero-order valence-electron chi connectivity index (χ0n) is 18.8. The van der Waals surface area contributed by atoms with Crippen LogP contribution in [0.4, 0.5) is 5.69 Å². The van der Waals surface area contributed by atoms with Crippen LogP contribution in [0.15, 0.2) is 48.5 Å². The van der Waals surface area contributed by atoms with Crippen molar-refractivity contribution in [3.05, 3.63) is 59.7 Å². The van der Waals surface area contributed by atoms with Crippen LogP contribution in [0.1, 0.15) is 11.1 Å². The van der Waals surface area contributed by atoms with E-state index in [9.17, 15) is 0 Å². The summed E-state index contributed by atoms with van der Waals surface area (Å²) in [5.41, 5.74) is 3.37. The number of hydrogen-bond donors (Lipinski definition) is 2. The molecular weight excluding hydrogens is 410 g/mol. The highest BCUT2D eigenvalue weighted by Crippen LogP contribution is 2.15. The molecule has 0 aliphatic heterocycles. The molecule has 176 valence electrons. The summed E-state index contributed by atoms with van der Waals surface area (Å²) in [6.45, 7) is 4.42. The molecule has 0 saturated heterocycles. The SMILES string of the molecule is CNc1ccc(C=Cc2ccc(OCCOCCOCCOCCOCCO)cc2)cc1. The number of benzene rings is 2. The Morgan fingerprint density at radius 2 is 1.06 bits per heavy atom. The van der Waals surface area contributed by atoms with Crippen LogP contribution in [-0.4, -0.2) is 78.2 Å². The van der Waals surface area contributed by atoms with Crippen molar-refractivity contribution in [3.8, 4) is 5.75 Å². The first-order valence-electron chi connectivity index (χ1n) is 10.9. The molecule has 7 nitrogen and oxygen atoms in total. The van der Waals surface area contributed by atoms with Crippen LogP contribution >= 0.6 is 0 Å². The highest BCUT2D eigenvalue weighted by Gasteiger charge is 1.96. The zero-order valence-corrected chi connectivity index (χ0v) is 18.8. The lowest BCUT2D eigenvalue weighted by Crippen LogP contribution is -2.14. The second-order valence-electron chi connectivity index (χ2n) is 6.80. The number of ether oxygens (including phenoxy) is 5. The quantitative estimate of drug-likeness (QED) is 0.269. The summed E-state index contributed by atoms with van der Waals surface area (Å²) in [7, 11) is 1.91. The molecule has 2 rings (SSSR count). The molecule has 2 N–H and O–H groups in total. The third-order valence-corrected chi connectivity index (χ3v) is 4.40. The molecule has 32 heavy (non-hydrogen) atoms. The zero-order chi connectivity index (χ0) is 22.7. The molecule has 0 aromatic heterocycles. The minimum Gasteiger partial charge on any atom is -0.491 e. The van der Waals surface area contributed by atoms with Crippen LogP contribution in [-0.2, 0) is 18.9 Å². The van der Waals surface area contributed by atoms with E-state index in [4.69, 9.17) is 28.8 Å². The number of aliphatic hydroxyl groups excluding tert-OH is 1. The Hall–Kier alpha value is -2.42. The van der Waals surface area contributed by atoms with Gasteiger partial charge in [0, 0.05) is 12.7 Å². The highest BCUT2D eigenvalue weighted by atomic mass is 16.6. The summed E-state index contributed by atoms with van der Waals surface area (Å²) >= 11 is 0. The van der Waals surface area contributed by atoms with E-state index >= 15 is 0 Å². The summed E-state index contributed by atoms with van der Waals surface area (Å²) in [4.78, 5) is 0. The maximum Gasteiger partial charge on any atom is 0.119 e. The lowest BCUT2D eigenvalue weighted by molar-refractivity contribution is -0.00779. The maximum atomic E-state index is 8.57. The summed E-state index contributed by atoms with van der Waals surface area (Å²) in [5, 5.41) is 11.7. The van der Waals surface area contributed by atoms with Gasteiger partial charge in [0.25, 0.3) is 0 Å². The van der Waals surface area contributed by atoms with Gasteiger partial charge in [0.1, 0.15) is 12.4 Å². The van der Waals surface area contributed by atoms with Crippen LogP contribution in [0, 0.1) is 0 Å². The van der Waals surface area contributed by atoms with E-state index in [1.807, 2.05) is 31.3 Å². The van der Waals surface area contributed by atoms with Crippen molar-refractivity contribution in [2.75, 3.05) is 78.4 Å². The normalized spacial score (nSPS) is 11.2. The minimum atomic E-state index is 0.0333. The lowest BCUT2D eigenvalue weighted by Gasteiger charge is -2.08. The minimum absolute atomic E-state index is 0.0333. The first kappa shape index (κ1) is 25.8. The van der Waals surface area contributed by atoms with Gasteiger partial charge in [0.2, 0.25) is 0 Å². The third-order valence-electron chi connectivity index (χ3n) is 4.40. The topological polar surface area (TPSA) is 78.4 Å². The van der Waals surface area contributed by atoms with Crippen molar-refractivity contribution in [2.45, 2.75) is 0 Å². The van der Waals surface area contributed by atoms with Gasteiger partial charge in [-0.25, -0.2) is 0 Å². The molecule has 0 saturated carbocycles. The molecule has 0 amide bonds. The van der Waals surface area contributed by atoms with E-state index in [1.54, 1.807) is 0 Å². The van der Waals surface area contributed by atoms with Gasteiger partial charge in [0.05, 0.1) is 59.5 Å². The van der Waals surface area contributed by atoms with E-state index in [1.165, 1.54) is 0 Å². The van der Waals surface area contributed by atoms with Crippen molar-refractivity contribution in [3.63, 3.8) is 0 Å². The lowest BCUT2D eigenvalue weighted by atomic mass is 10.1. The highest BCUT2D eigenvalue weighted by molar-refractivity contribution is 5.70. The van der Waals surface area contributed by atoms with Gasteiger partial charge in [0.15, 0.2) is 0 Å². The second kappa shape index (κ2) is 17.2. The molecule has 2 aromatic carbocycles. The van der Waals surface area contributed by atoms with Gasteiger partial charge >= 0.3 is 0 Å². The van der Waals surface area contributed by atoms with E-state index in [-0.39, 0.29) is 6.61 Å². The van der Waals surface area contributed by atoms with E-state index in [2.05, 4.69) is 41.7 Å². The second-order valence-corrected chi connectivity index (χ2v) is 6.80. The Morgan fingerprint density at radius 1 is 0.625 bits per heavy atom. The average molecular weight is 446 g/mol. The number of rotatable bonds is 18. The fourth-order valence-corrected chi connectivity index (χ4v) is 2.67. The Morgan fingerprint density at radius 3 is 1.53 bits per heavy atom. The van der Waals surface area contributed by atoms with Gasteiger partial charge in [-0.1, -0.05) is 36.4 Å². The molecule has 0 unspecified atom stereocenters.